The van der Waals surface area contributed by atoms with Crippen LogP contribution in [0.5, 0.6) is 5.75 Å². The van der Waals surface area contributed by atoms with Crippen LogP contribution >= 0.6 is 0 Å². The summed E-state index contributed by atoms with van der Waals surface area (Å²) in [6.45, 7) is 6.66. The van der Waals surface area contributed by atoms with Gasteiger partial charge in [0.1, 0.15) is 5.75 Å². The molecule has 0 aromatic heterocycles. The van der Waals surface area contributed by atoms with E-state index in [0.717, 1.165) is 6.08 Å². The van der Waals surface area contributed by atoms with Crippen LogP contribution in [-0.4, -0.2) is 11.8 Å². The van der Waals surface area contributed by atoms with Crippen molar-refractivity contribution in [1.29, 1.82) is 0 Å². The Balaban J connectivity index is 2.64. The Kier molecular flexibility index (Phi) is 3.50. The van der Waals surface area contributed by atoms with Crippen molar-refractivity contribution >= 4 is 5.97 Å². The summed E-state index contributed by atoms with van der Waals surface area (Å²) < 4.78 is 10.5. The van der Waals surface area contributed by atoms with Crippen LogP contribution in [0.3, 0.4) is 0 Å². The molecular formula is C12H14O3. The molecule has 0 fully saturated rings. The molecule has 0 unspecified atom stereocenters. The third-order valence-corrected chi connectivity index (χ3v) is 1.62. The first kappa shape index (κ1) is 11.3. The highest BCUT2D eigenvalue weighted by atomic mass is 16.7. The van der Waals surface area contributed by atoms with E-state index >= 15 is 0 Å². The Morgan fingerprint density at radius 1 is 1.33 bits per heavy atom. The van der Waals surface area contributed by atoms with Crippen molar-refractivity contribution in [1.82, 2.24) is 0 Å². The topological polar surface area (TPSA) is 35.5 Å². The first-order valence-electron chi connectivity index (χ1n) is 4.63. The van der Waals surface area contributed by atoms with E-state index in [2.05, 4.69) is 6.58 Å². The largest absolute Gasteiger partial charge is 0.453 e. The van der Waals surface area contributed by atoms with Gasteiger partial charge in [-0.15, -0.1) is 0 Å². The molecule has 1 aromatic carbocycles. The fourth-order valence-electron chi connectivity index (χ4n) is 1.08. The number of hydrogen-bond donors (Lipinski definition) is 0. The van der Waals surface area contributed by atoms with E-state index in [9.17, 15) is 4.79 Å². The molecule has 80 valence electrons. The third-order valence-electron chi connectivity index (χ3n) is 1.62. The molecule has 0 aliphatic heterocycles. The van der Waals surface area contributed by atoms with E-state index in [1.165, 1.54) is 0 Å². The number of carbonyl (C=O) groups is 1. The van der Waals surface area contributed by atoms with Crippen LogP contribution in [-0.2, 0) is 9.53 Å². The van der Waals surface area contributed by atoms with Crippen molar-refractivity contribution < 1.29 is 14.3 Å². The van der Waals surface area contributed by atoms with Crippen LogP contribution in [0, 0.1) is 0 Å². The minimum absolute atomic E-state index is 0.504. The fourth-order valence-corrected chi connectivity index (χ4v) is 1.08. The number of rotatable bonds is 4. The van der Waals surface area contributed by atoms with E-state index < -0.39 is 11.8 Å². The van der Waals surface area contributed by atoms with Gasteiger partial charge in [-0.25, -0.2) is 4.79 Å². The molecule has 0 saturated carbocycles. The molecule has 0 radical (unpaired) electrons. The molecule has 0 N–H and O–H groups in total. The predicted molar refractivity (Wildman–Crippen MR) is 57.4 cm³/mol. The van der Waals surface area contributed by atoms with Gasteiger partial charge in [-0.3, -0.25) is 0 Å². The van der Waals surface area contributed by atoms with Crippen LogP contribution < -0.4 is 4.74 Å². The van der Waals surface area contributed by atoms with Crippen LogP contribution in [0.4, 0.5) is 0 Å². The monoisotopic (exact) mass is 206 g/mol. The number of ether oxygens (including phenoxy) is 2. The maximum atomic E-state index is 11.0. The summed E-state index contributed by atoms with van der Waals surface area (Å²) >= 11 is 0. The van der Waals surface area contributed by atoms with Crippen LogP contribution in [0.25, 0.3) is 0 Å². The van der Waals surface area contributed by atoms with Gasteiger partial charge in [0.2, 0.25) is 5.79 Å². The average Bonchev–Trinajstić information content (AvgIpc) is 2.17. The lowest BCUT2D eigenvalue weighted by Crippen LogP contribution is -2.33. The SMILES string of the molecule is C=CC(=O)OC(C)(C)Oc1ccccc1. The van der Waals surface area contributed by atoms with Gasteiger partial charge in [0.05, 0.1) is 0 Å². The molecule has 0 aliphatic carbocycles. The minimum Gasteiger partial charge on any atom is -0.453 e. The van der Waals surface area contributed by atoms with Gasteiger partial charge in [0.15, 0.2) is 0 Å². The van der Waals surface area contributed by atoms with E-state index in [1.807, 2.05) is 18.2 Å². The van der Waals surface area contributed by atoms with E-state index in [1.54, 1.807) is 26.0 Å². The standard InChI is InChI=1S/C12H14O3/c1-4-11(13)15-12(2,3)14-10-8-6-5-7-9-10/h4-9H,1H2,2-3H3. The van der Waals surface area contributed by atoms with Crippen LogP contribution in [0.2, 0.25) is 0 Å². The summed E-state index contributed by atoms with van der Waals surface area (Å²) in [5.41, 5.74) is 0. The van der Waals surface area contributed by atoms with Crippen molar-refractivity contribution in [2.45, 2.75) is 19.6 Å². The molecule has 0 heterocycles. The number of benzene rings is 1. The third kappa shape index (κ3) is 3.85. The van der Waals surface area contributed by atoms with Gasteiger partial charge in [-0.1, -0.05) is 24.8 Å². The minimum atomic E-state index is -0.993. The molecule has 1 aromatic rings. The highest BCUT2D eigenvalue weighted by molar-refractivity contribution is 5.81. The van der Waals surface area contributed by atoms with Crippen molar-refractivity contribution in [3.8, 4) is 5.75 Å². The zero-order valence-electron chi connectivity index (χ0n) is 8.90. The van der Waals surface area contributed by atoms with E-state index in [-0.39, 0.29) is 0 Å². The Bertz CT molecular complexity index is 341. The van der Waals surface area contributed by atoms with Crippen molar-refractivity contribution in [3.63, 3.8) is 0 Å². The quantitative estimate of drug-likeness (QED) is 0.431. The lowest BCUT2D eigenvalue weighted by atomic mass is 10.3. The smallest absolute Gasteiger partial charge is 0.333 e. The Labute approximate surface area is 89.3 Å². The molecule has 1 rings (SSSR count). The first-order valence-corrected chi connectivity index (χ1v) is 4.63. The van der Waals surface area contributed by atoms with Crippen LogP contribution in [0.1, 0.15) is 13.8 Å². The van der Waals surface area contributed by atoms with Gasteiger partial charge in [0.25, 0.3) is 0 Å². The van der Waals surface area contributed by atoms with Crippen molar-refractivity contribution in [2.75, 3.05) is 0 Å². The maximum Gasteiger partial charge on any atom is 0.333 e. The van der Waals surface area contributed by atoms with Crippen LogP contribution in [0.15, 0.2) is 43.0 Å². The highest BCUT2D eigenvalue weighted by Gasteiger charge is 2.23. The molecule has 0 atom stereocenters. The maximum absolute atomic E-state index is 11.0. The number of para-hydroxylation sites is 1. The second-order valence-corrected chi connectivity index (χ2v) is 3.44. The lowest BCUT2D eigenvalue weighted by Gasteiger charge is -2.25. The Hall–Kier alpha value is -1.77. The molecule has 0 bridgehead atoms. The molecule has 0 saturated heterocycles. The van der Waals surface area contributed by atoms with E-state index in [4.69, 9.17) is 9.47 Å². The van der Waals surface area contributed by atoms with Gasteiger partial charge < -0.3 is 9.47 Å². The van der Waals surface area contributed by atoms with E-state index in [0.29, 0.717) is 5.75 Å². The van der Waals surface area contributed by atoms with Gasteiger partial charge in [-0.05, 0) is 12.1 Å². The van der Waals surface area contributed by atoms with Crippen molar-refractivity contribution in [3.05, 3.63) is 43.0 Å². The molecule has 0 spiro atoms. The molecule has 15 heavy (non-hydrogen) atoms. The second kappa shape index (κ2) is 4.64. The predicted octanol–water partition coefficient (Wildman–Crippen LogP) is 2.53. The molecule has 3 heteroatoms. The lowest BCUT2D eigenvalue weighted by molar-refractivity contribution is -0.180. The first-order chi connectivity index (χ1) is 7.03. The van der Waals surface area contributed by atoms with Crippen molar-refractivity contribution in [2.24, 2.45) is 0 Å². The summed E-state index contributed by atoms with van der Waals surface area (Å²) in [7, 11) is 0. The van der Waals surface area contributed by atoms with Gasteiger partial charge in [0, 0.05) is 19.9 Å². The zero-order valence-corrected chi connectivity index (χ0v) is 8.90. The van der Waals surface area contributed by atoms with Gasteiger partial charge in [-0.2, -0.15) is 0 Å². The molecule has 0 amide bonds. The average molecular weight is 206 g/mol. The molecule has 0 aliphatic rings. The Morgan fingerprint density at radius 3 is 2.47 bits per heavy atom. The summed E-state index contributed by atoms with van der Waals surface area (Å²) in [6, 6.07) is 9.17. The molecule has 3 nitrogen and oxygen atoms in total. The summed E-state index contributed by atoms with van der Waals surface area (Å²) in [5, 5.41) is 0. The Morgan fingerprint density at radius 2 is 1.93 bits per heavy atom. The second-order valence-electron chi connectivity index (χ2n) is 3.44. The summed E-state index contributed by atoms with van der Waals surface area (Å²) in [6.07, 6.45) is 1.11. The number of hydrogen-bond acceptors (Lipinski definition) is 3. The fraction of sp³-hybridized carbons (Fsp3) is 0.250. The van der Waals surface area contributed by atoms with Gasteiger partial charge >= 0.3 is 5.97 Å². The number of carbonyl (C=O) groups excluding carboxylic acids is 1. The normalized spacial score (nSPS) is 10.5. The summed E-state index contributed by atoms with van der Waals surface area (Å²) in [5.74, 6) is -0.845. The molecular weight excluding hydrogens is 192 g/mol. The highest BCUT2D eigenvalue weighted by Crippen LogP contribution is 2.18. The zero-order chi connectivity index (χ0) is 11.3. The number of esters is 1. The summed E-state index contributed by atoms with van der Waals surface area (Å²) in [4.78, 5) is 11.0.